The molecule has 0 bridgehead atoms. The molecule has 1 N–H and O–H groups in total. The number of nitrogens with one attached hydrogen (secondary N) is 1. The van der Waals surface area contributed by atoms with Crippen LogP contribution in [-0.4, -0.2) is 18.0 Å². The molecule has 28 heavy (non-hydrogen) atoms. The Morgan fingerprint density at radius 1 is 1.25 bits per heavy atom. The highest BCUT2D eigenvalue weighted by Crippen LogP contribution is 2.33. The summed E-state index contributed by atoms with van der Waals surface area (Å²) in [5, 5.41) is 2.45. The van der Waals surface area contributed by atoms with E-state index in [1.54, 1.807) is 0 Å². The van der Waals surface area contributed by atoms with Crippen molar-refractivity contribution in [2.24, 2.45) is 5.92 Å². The van der Waals surface area contributed by atoms with Crippen LogP contribution in [0.25, 0.3) is 0 Å². The fourth-order valence-electron chi connectivity index (χ4n) is 3.06. The molecule has 2 aromatic rings. The van der Waals surface area contributed by atoms with Crippen LogP contribution < -0.4 is 5.32 Å². The molecule has 1 aromatic heterocycles. The van der Waals surface area contributed by atoms with E-state index in [4.69, 9.17) is 4.74 Å². The fourth-order valence-corrected chi connectivity index (χ4v) is 4.16. The first-order valence-electron chi connectivity index (χ1n) is 8.94. The number of thiophene rings is 1. The van der Waals surface area contributed by atoms with Crippen LogP contribution in [0.2, 0.25) is 0 Å². The summed E-state index contributed by atoms with van der Waals surface area (Å²) >= 11 is 1.39. The second kappa shape index (κ2) is 7.95. The number of aryl methyl sites for hydroxylation is 1. The smallest absolute Gasteiger partial charge is 0.416 e. The summed E-state index contributed by atoms with van der Waals surface area (Å²) in [6.07, 6.45) is -2.55. The van der Waals surface area contributed by atoms with Crippen molar-refractivity contribution in [2.45, 2.75) is 45.4 Å². The summed E-state index contributed by atoms with van der Waals surface area (Å²) in [6, 6.07) is 5.90. The lowest BCUT2D eigenvalue weighted by Gasteiger charge is -2.16. The second-order valence-corrected chi connectivity index (χ2v) is 8.16. The quantitative estimate of drug-likeness (QED) is 0.714. The van der Waals surface area contributed by atoms with Crippen molar-refractivity contribution in [3.63, 3.8) is 0 Å². The van der Waals surface area contributed by atoms with E-state index < -0.39 is 29.7 Å². The zero-order chi connectivity index (χ0) is 20.5. The summed E-state index contributed by atoms with van der Waals surface area (Å²) in [7, 11) is 0. The Bertz CT molecular complexity index is 874. The number of benzene rings is 1. The molecule has 8 heteroatoms. The van der Waals surface area contributed by atoms with Crippen LogP contribution in [-0.2, 0) is 28.5 Å². The lowest BCUT2D eigenvalue weighted by atomic mass is 9.90. The van der Waals surface area contributed by atoms with Crippen molar-refractivity contribution in [2.75, 3.05) is 5.32 Å². The molecule has 1 heterocycles. The Morgan fingerprint density at radius 3 is 2.57 bits per heavy atom. The van der Waals surface area contributed by atoms with Crippen molar-refractivity contribution in [1.29, 1.82) is 0 Å². The van der Waals surface area contributed by atoms with Crippen LogP contribution in [0.5, 0.6) is 0 Å². The summed E-state index contributed by atoms with van der Waals surface area (Å²) in [6.45, 7) is 3.60. The molecule has 0 fully saturated rings. The van der Waals surface area contributed by atoms with Crippen LogP contribution in [0, 0.1) is 5.92 Å². The molecule has 1 aliphatic carbocycles. The highest BCUT2D eigenvalue weighted by atomic mass is 32.1. The number of hydrogen-bond acceptors (Lipinski definition) is 4. The van der Waals surface area contributed by atoms with Crippen molar-refractivity contribution < 1.29 is 27.5 Å². The standard InChI is InChI=1S/C20H20F3NO3S/c1-11-3-8-16-13(9-11)10-17(28-16)19(26)27-12(2)18(25)24-15-6-4-14(5-7-15)20(21,22)23/h4-7,10-12H,3,8-9H2,1-2H3,(H,24,25)/t11-,12+/m0/s1. The van der Waals surface area contributed by atoms with E-state index in [0.717, 1.165) is 49.1 Å². The van der Waals surface area contributed by atoms with Crippen LogP contribution >= 0.6 is 11.3 Å². The summed E-state index contributed by atoms with van der Waals surface area (Å²) in [5.41, 5.74) is 0.556. The van der Waals surface area contributed by atoms with Gasteiger partial charge in [0.1, 0.15) is 4.88 Å². The van der Waals surface area contributed by atoms with Crippen molar-refractivity contribution in [3.8, 4) is 0 Å². The largest absolute Gasteiger partial charge is 0.448 e. The van der Waals surface area contributed by atoms with Gasteiger partial charge in [0.05, 0.1) is 5.56 Å². The zero-order valence-corrected chi connectivity index (χ0v) is 16.2. The normalized spacial score (nSPS) is 17.5. The molecule has 1 amide bonds. The number of hydrogen-bond donors (Lipinski definition) is 1. The first-order chi connectivity index (χ1) is 13.1. The zero-order valence-electron chi connectivity index (χ0n) is 15.4. The van der Waals surface area contributed by atoms with Gasteiger partial charge in [0, 0.05) is 10.6 Å². The average Bonchev–Trinajstić information content (AvgIpc) is 3.04. The molecule has 0 saturated carbocycles. The Balaban J connectivity index is 1.59. The maximum Gasteiger partial charge on any atom is 0.416 e. The van der Waals surface area contributed by atoms with Gasteiger partial charge in [-0.3, -0.25) is 4.79 Å². The molecule has 1 aromatic carbocycles. The average molecular weight is 411 g/mol. The van der Waals surface area contributed by atoms with E-state index in [0.29, 0.717) is 10.8 Å². The topological polar surface area (TPSA) is 55.4 Å². The molecule has 4 nitrogen and oxygen atoms in total. The van der Waals surface area contributed by atoms with Gasteiger partial charge in [-0.1, -0.05) is 6.92 Å². The number of rotatable bonds is 4. The van der Waals surface area contributed by atoms with Crippen LogP contribution in [0.1, 0.15) is 45.9 Å². The molecule has 0 unspecified atom stereocenters. The van der Waals surface area contributed by atoms with Gasteiger partial charge >= 0.3 is 12.1 Å². The second-order valence-electron chi connectivity index (χ2n) is 7.02. The Hall–Kier alpha value is -2.35. The van der Waals surface area contributed by atoms with Crippen LogP contribution in [0.3, 0.4) is 0 Å². The maximum absolute atomic E-state index is 12.6. The van der Waals surface area contributed by atoms with Crippen molar-refractivity contribution >= 4 is 28.9 Å². The van der Waals surface area contributed by atoms with Gasteiger partial charge in [-0.15, -0.1) is 11.3 Å². The number of fused-ring (bicyclic) bond motifs is 1. The Morgan fingerprint density at radius 2 is 1.93 bits per heavy atom. The van der Waals surface area contributed by atoms with Gasteiger partial charge in [-0.25, -0.2) is 4.79 Å². The number of carbonyl (C=O) groups is 2. The number of amides is 1. The van der Waals surface area contributed by atoms with Gasteiger partial charge in [-0.2, -0.15) is 13.2 Å². The lowest BCUT2D eigenvalue weighted by Crippen LogP contribution is -2.29. The number of carbonyl (C=O) groups excluding carboxylic acids is 2. The third-order valence-electron chi connectivity index (χ3n) is 4.66. The molecule has 150 valence electrons. The monoisotopic (exact) mass is 411 g/mol. The summed E-state index contributed by atoms with van der Waals surface area (Å²) in [5.74, 6) is -0.593. The van der Waals surface area contributed by atoms with Gasteiger partial charge in [0.2, 0.25) is 0 Å². The van der Waals surface area contributed by atoms with E-state index in [2.05, 4.69) is 12.2 Å². The lowest BCUT2D eigenvalue weighted by molar-refractivity contribution is -0.137. The SMILES string of the molecule is C[C@H]1CCc2sc(C(=O)O[C@H](C)C(=O)Nc3ccc(C(F)(F)F)cc3)cc2C1. The Kier molecular flexibility index (Phi) is 5.79. The number of ether oxygens (including phenoxy) is 1. The minimum atomic E-state index is -4.44. The fraction of sp³-hybridized carbons (Fsp3) is 0.400. The Labute approximate surface area is 164 Å². The van der Waals surface area contributed by atoms with Crippen molar-refractivity contribution in [1.82, 2.24) is 0 Å². The third-order valence-corrected chi connectivity index (χ3v) is 5.88. The van der Waals surface area contributed by atoms with Crippen LogP contribution in [0.15, 0.2) is 30.3 Å². The van der Waals surface area contributed by atoms with Gasteiger partial charge < -0.3 is 10.1 Å². The maximum atomic E-state index is 12.6. The molecule has 2 atom stereocenters. The number of halogens is 3. The molecule has 1 aliphatic rings. The van der Waals surface area contributed by atoms with Gasteiger partial charge in [0.25, 0.3) is 5.91 Å². The molecule has 3 rings (SSSR count). The molecular weight excluding hydrogens is 391 g/mol. The summed E-state index contributed by atoms with van der Waals surface area (Å²) < 4.78 is 43.0. The van der Waals surface area contributed by atoms with Crippen LogP contribution in [0.4, 0.5) is 18.9 Å². The predicted molar refractivity (Wildman–Crippen MR) is 100 cm³/mol. The first kappa shape index (κ1) is 20.4. The molecule has 0 spiro atoms. The third kappa shape index (κ3) is 4.73. The van der Waals surface area contributed by atoms with Crippen molar-refractivity contribution in [3.05, 3.63) is 51.2 Å². The van der Waals surface area contributed by atoms with E-state index in [1.807, 2.05) is 6.07 Å². The number of alkyl halides is 3. The van der Waals surface area contributed by atoms with E-state index in [9.17, 15) is 22.8 Å². The van der Waals surface area contributed by atoms with Gasteiger partial charge in [0.15, 0.2) is 6.10 Å². The van der Waals surface area contributed by atoms with Gasteiger partial charge in [-0.05, 0) is 68.0 Å². The molecular formula is C20H20F3NO3S. The van der Waals surface area contributed by atoms with E-state index in [-0.39, 0.29) is 5.69 Å². The molecule has 0 radical (unpaired) electrons. The highest BCUT2D eigenvalue weighted by Gasteiger charge is 2.30. The number of esters is 1. The van der Waals surface area contributed by atoms with E-state index in [1.165, 1.54) is 23.1 Å². The summed E-state index contributed by atoms with van der Waals surface area (Å²) in [4.78, 5) is 26.2. The predicted octanol–water partition coefficient (Wildman–Crippen LogP) is 5.08. The molecule has 0 saturated heterocycles. The molecule has 0 aliphatic heterocycles. The number of anilines is 1. The van der Waals surface area contributed by atoms with E-state index >= 15 is 0 Å². The minimum Gasteiger partial charge on any atom is -0.448 e. The highest BCUT2D eigenvalue weighted by molar-refractivity contribution is 7.14. The first-order valence-corrected chi connectivity index (χ1v) is 9.76. The minimum absolute atomic E-state index is 0.196.